The summed E-state index contributed by atoms with van der Waals surface area (Å²) >= 11 is 5.84. The van der Waals surface area contributed by atoms with Gasteiger partial charge in [-0.15, -0.1) is 0 Å². The maximum absolute atomic E-state index is 5.75. The molecule has 2 rings (SSSR count). The molecule has 0 aliphatic carbocycles. The van der Waals surface area contributed by atoms with Crippen molar-refractivity contribution in [3.63, 3.8) is 0 Å². The molecule has 4 heteroatoms. The van der Waals surface area contributed by atoms with Gasteiger partial charge in [0.1, 0.15) is 0 Å². The highest BCUT2D eigenvalue weighted by Crippen LogP contribution is 2.22. The van der Waals surface area contributed by atoms with Crippen LogP contribution in [0.3, 0.4) is 0 Å². The normalized spacial score (nSPS) is 21.0. The standard InChI is InChI=1S/C12H14BrIO2/c13-11-5-4-10(14)7-9(11)8-16-12-3-1-2-6-15-12/h4-5,7,12H,1-3,6,8H2. The summed E-state index contributed by atoms with van der Waals surface area (Å²) in [6, 6.07) is 6.26. The summed E-state index contributed by atoms with van der Waals surface area (Å²) < 4.78 is 13.6. The van der Waals surface area contributed by atoms with Crippen LogP contribution in [0, 0.1) is 3.57 Å². The molecule has 16 heavy (non-hydrogen) atoms. The average Bonchev–Trinajstić information content (AvgIpc) is 2.32. The quantitative estimate of drug-likeness (QED) is 0.716. The van der Waals surface area contributed by atoms with Crippen LogP contribution in [0.15, 0.2) is 22.7 Å². The van der Waals surface area contributed by atoms with Crippen LogP contribution in [0.1, 0.15) is 24.8 Å². The van der Waals surface area contributed by atoms with E-state index in [0.29, 0.717) is 6.61 Å². The molecule has 0 saturated carbocycles. The third kappa shape index (κ3) is 3.68. The molecule has 88 valence electrons. The molecular formula is C12H14BrIO2. The Hall–Kier alpha value is 0.350. The molecule has 0 amide bonds. The molecule has 1 atom stereocenters. The Morgan fingerprint density at radius 2 is 2.31 bits per heavy atom. The van der Waals surface area contributed by atoms with Gasteiger partial charge in [-0.1, -0.05) is 15.9 Å². The number of halogens is 2. The van der Waals surface area contributed by atoms with Crippen molar-refractivity contribution >= 4 is 38.5 Å². The van der Waals surface area contributed by atoms with Crippen molar-refractivity contribution in [1.82, 2.24) is 0 Å². The highest BCUT2D eigenvalue weighted by atomic mass is 127. The van der Waals surface area contributed by atoms with Crippen molar-refractivity contribution < 1.29 is 9.47 Å². The molecule has 0 bridgehead atoms. The van der Waals surface area contributed by atoms with Crippen molar-refractivity contribution in [2.45, 2.75) is 32.2 Å². The van der Waals surface area contributed by atoms with Crippen molar-refractivity contribution in [3.8, 4) is 0 Å². The fourth-order valence-electron chi connectivity index (χ4n) is 1.68. The summed E-state index contributed by atoms with van der Waals surface area (Å²) in [7, 11) is 0. The molecule has 1 fully saturated rings. The molecule has 0 N–H and O–H groups in total. The number of hydrogen-bond donors (Lipinski definition) is 0. The van der Waals surface area contributed by atoms with E-state index >= 15 is 0 Å². The van der Waals surface area contributed by atoms with E-state index in [0.717, 1.165) is 23.9 Å². The number of ether oxygens (including phenoxy) is 2. The second-order valence-electron chi connectivity index (χ2n) is 3.84. The first-order valence-corrected chi connectivity index (χ1v) is 7.30. The summed E-state index contributed by atoms with van der Waals surface area (Å²) in [5.41, 5.74) is 1.18. The number of benzene rings is 1. The third-order valence-electron chi connectivity index (χ3n) is 2.57. The zero-order valence-corrected chi connectivity index (χ0v) is 12.7. The van der Waals surface area contributed by atoms with E-state index in [1.54, 1.807) is 0 Å². The molecule has 1 saturated heterocycles. The van der Waals surface area contributed by atoms with E-state index in [2.05, 4.69) is 56.7 Å². The van der Waals surface area contributed by atoms with Gasteiger partial charge >= 0.3 is 0 Å². The van der Waals surface area contributed by atoms with Gasteiger partial charge in [0, 0.05) is 14.6 Å². The summed E-state index contributed by atoms with van der Waals surface area (Å²) in [6.45, 7) is 1.44. The van der Waals surface area contributed by atoms with Gasteiger partial charge in [0.15, 0.2) is 6.29 Å². The summed E-state index contributed by atoms with van der Waals surface area (Å²) in [5, 5.41) is 0. The van der Waals surface area contributed by atoms with Gasteiger partial charge in [-0.25, -0.2) is 0 Å². The Bertz CT molecular complexity index is 351. The van der Waals surface area contributed by atoms with Crippen LogP contribution in [-0.2, 0) is 16.1 Å². The zero-order valence-electron chi connectivity index (χ0n) is 8.92. The number of rotatable bonds is 3. The van der Waals surface area contributed by atoms with Crippen molar-refractivity contribution in [2.75, 3.05) is 6.61 Å². The molecule has 0 radical (unpaired) electrons. The van der Waals surface area contributed by atoms with Crippen LogP contribution < -0.4 is 0 Å². The lowest BCUT2D eigenvalue weighted by molar-refractivity contribution is -0.169. The Kier molecular flexibility index (Phi) is 5.06. The summed E-state index contributed by atoms with van der Waals surface area (Å²) in [6.07, 6.45) is 3.37. The lowest BCUT2D eigenvalue weighted by atomic mass is 10.2. The fraction of sp³-hybridized carbons (Fsp3) is 0.500. The maximum atomic E-state index is 5.75. The minimum absolute atomic E-state index is 0.0153. The average molecular weight is 397 g/mol. The van der Waals surface area contributed by atoms with Crippen LogP contribution in [0.5, 0.6) is 0 Å². The SMILES string of the molecule is Brc1ccc(I)cc1COC1CCCCO1. The van der Waals surface area contributed by atoms with Crippen molar-refractivity contribution in [3.05, 3.63) is 31.8 Å². The maximum Gasteiger partial charge on any atom is 0.158 e. The van der Waals surface area contributed by atoms with Crippen molar-refractivity contribution in [1.29, 1.82) is 0 Å². The first-order chi connectivity index (χ1) is 7.75. The van der Waals surface area contributed by atoms with Crippen LogP contribution in [0.2, 0.25) is 0 Å². The smallest absolute Gasteiger partial charge is 0.158 e. The van der Waals surface area contributed by atoms with Gasteiger partial charge in [0.2, 0.25) is 0 Å². The Morgan fingerprint density at radius 1 is 1.44 bits per heavy atom. The molecule has 1 heterocycles. The molecule has 1 aromatic carbocycles. The van der Waals surface area contributed by atoms with E-state index < -0.39 is 0 Å². The van der Waals surface area contributed by atoms with Gasteiger partial charge in [-0.05, 0) is 65.6 Å². The Labute approximate surface area is 118 Å². The molecular weight excluding hydrogens is 383 g/mol. The summed E-state index contributed by atoms with van der Waals surface area (Å²) in [4.78, 5) is 0. The molecule has 1 aliphatic heterocycles. The third-order valence-corrected chi connectivity index (χ3v) is 4.02. The Morgan fingerprint density at radius 3 is 3.06 bits per heavy atom. The number of hydrogen-bond acceptors (Lipinski definition) is 2. The largest absolute Gasteiger partial charge is 0.353 e. The predicted molar refractivity (Wildman–Crippen MR) is 75.2 cm³/mol. The van der Waals surface area contributed by atoms with E-state index in [4.69, 9.17) is 9.47 Å². The van der Waals surface area contributed by atoms with Gasteiger partial charge in [0.05, 0.1) is 6.61 Å². The Balaban J connectivity index is 1.90. The minimum Gasteiger partial charge on any atom is -0.353 e. The van der Waals surface area contributed by atoms with Gasteiger partial charge in [-0.2, -0.15) is 0 Å². The second kappa shape index (κ2) is 6.33. The van der Waals surface area contributed by atoms with Crippen LogP contribution >= 0.6 is 38.5 Å². The first kappa shape index (κ1) is 12.8. The van der Waals surface area contributed by atoms with Crippen LogP contribution in [0.25, 0.3) is 0 Å². The van der Waals surface area contributed by atoms with Crippen molar-refractivity contribution in [2.24, 2.45) is 0 Å². The molecule has 2 nitrogen and oxygen atoms in total. The monoisotopic (exact) mass is 396 g/mol. The van der Waals surface area contributed by atoms with E-state index in [9.17, 15) is 0 Å². The van der Waals surface area contributed by atoms with E-state index in [1.807, 2.05) is 0 Å². The van der Waals surface area contributed by atoms with E-state index in [1.165, 1.54) is 15.6 Å². The van der Waals surface area contributed by atoms with Gasteiger partial charge in [0.25, 0.3) is 0 Å². The topological polar surface area (TPSA) is 18.5 Å². The van der Waals surface area contributed by atoms with Gasteiger partial charge in [-0.3, -0.25) is 0 Å². The first-order valence-electron chi connectivity index (χ1n) is 5.43. The van der Waals surface area contributed by atoms with Crippen LogP contribution in [0.4, 0.5) is 0 Å². The minimum atomic E-state index is -0.0153. The summed E-state index contributed by atoms with van der Waals surface area (Å²) in [5.74, 6) is 0. The fourth-order valence-corrected chi connectivity index (χ4v) is 2.60. The zero-order chi connectivity index (χ0) is 11.4. The molecule has 1 unspecified atom stereocenters. The molecule has 0 spiro atoms. The second-order valence-corrected chi connectivity index (χ2v) is 5.94. The molecule has 1 aromatic rings. The highest BCUT2D eigenvalue weighted by molar-refractivity contribution is 14.1. The van der Waals surface area contributed by atoms with Crippen LogP contribution in [-0.4, -0.2) is 12.9 Å². The predicted octanol–water partition coefficient (Wildman–Crippen LogP) is 4.10. The lowest BCUT2D eigenvalue weighted by Crippen LogP contribution is -2.22. The molecule has 1 aliphatic rings. The highest BCUT2D eigenvalue weighted by Gasteiger charge is 2.14. The van der Waals surface area contributed by atoms with E-state index in [-0.39, 0.29) is 6.29 Å². The van der Waals surface area contributed by atoms with Gasteiger partial charge < -0.3 is 9.47 Å². The lowest BCUT2D eigenvalue weighted by Gasteiger charge is -2.22. The molecule has 0 aromatic heterocycles.